The number of carbonyl (C=O) groups excluding carboxylic acids is 1. The van der Waals surface area contributed by atoms with Crippen molar-refractivity contribution in [3.63, 3.8) is 0 Å². The first-order chi connectivity index (χ1) is 6.75. The minimum absolute atomic E-state index is 0.0230. The molecule has 6 nitrogen and oxygen atoms in total. The molecule has 1 aliphatic heterocycles. The first-order valence-corrected chi connectivity index (χ1v) is 4.54. The molecule has 76 valence electrons. The molecule has 2 rings (SSSR count). The molecule has 1 fully saturated rings. The lowest BCUT2D eigenvalue weighted by atomic mass is 10.3. The maximum Gasteiger partial charge on any atom is 0.228 e. The Morgan fingerprint density at radius 3 is 3.14 bits per heavy atom. The predicted molar refractivity (Wildman–Crippen MR) is 47.2 cm³/mol. The zero-order chi connectivity index (χ0) is 9.97. The summed E-state index contributed by atoms with van der Waals surface area (Å²) in [5, 5.41) is 3.49. The second kappa shape index (κ2) is 3.75. The number of aromatic nitrogens is 2. The van der Waals surface area contributed by atoms with Gasteiger partial charge in [-0.2, -0.15) is 4.98 Å². The monoisotopic (exact) mass is 196 g/mol. The summed E-state index contributed by atoms with van der Waals surface area (Å²) in [6.45, 7) is 1.24. The third-order valence-corrected chi connectivity index (χ3v) is 2.25. The minimum atomic E-state index is -0.0230. The van der Waals surface area contributed by atoms with Crippen LogP contribution in [0.4, 0.5) is 0 Å². The number of carbonyl (C=O) groups is 1. The molecular formula is C8H12N4O2. The van der Waals surface area contributed by atoms with E-state index in [9.17, 15) is 4.79 Å². The topological polar surface area (TPSA) is 85.3 Å². The van der Waals surface area contributed by atoms with Crippen LogP contribution in [0.3, 0.4) is 0 Å². The van der Waals surface area contributed by atoms with Crippen LogP contribution in [0.5, 0.6) is 0 Å². The van der Waals surface area contributed by atoms with Gasteiger partial charge in [0.15, 0.2) is 6.33 Å². The van der Waals surface area contributed by atoms with Gasteiger partial charge in [0.25, 0.3) is 0 Å². The van der Waals surface area contributed by atoms with Gasteiger partial charge in [-0.15, -0.1) is 0 Å². The maximum absolute atomic E-state index is 11.3. The molecule has 1 amide bonds. The summed E-state index contributed by atoms with van der Waals surface area (Å²) < 4.78 is 4.83. The second-order valence-corrected chi connectivity index (χ2v) is 3.39. The first kappa shape index (κ1) is 9.14. The highest BCUT2D eigenvalue weighted by molar-refractivity contribution is 5.79. The van der Waals surface area contributed by atoms with Crippen LogP contribution in [-0.4, -0.2) is 40.1 Å². The number of hydrogen-bond acceptors (Lipinski definition) is 5. The number of rotatable bonds is 3. The molecule has 0 aromatic carbocycles. The SMILES string of the molecule is NC1CC(=O)N(CCc2ncno2)C1. The molecule has 14 heavy (non-hydrogen) atoms. The van der Waals surface area contributed by atoms with E-state index in [-0.39, 0.29) is 11.9 Å². The highest BCUT2D eigenvalue weighted by Gasteiger charge is 2.26. The van der Waals surface area contributed by atoms with Gasteiger partial charge in [-0.1, -0.05) is 5.16 Å². The molecule has 6 heteroatoms. The Balaban J connectivity index is 1.84. The summed E-state index contributed by atoms with van der Waals surface area (Å²) in [5.74, 6) is 0.662. The Labute approximate surface area is 81.1 Å². The molecule has 1 saturated heterocycles. The van der Waals surface area contributed by atoms with Crippen LogP contribution in [0.1, 0.15) is 12.3 Å². The summed E-state index contributed by atoms with van der Waals surface area (Å²) in [4.78, 5) is 16.9. The van der Waals surface area contributed by atoms with Gasteiger partial charge in [0.1, 0.15) is 0 Å². The standard InChI is InChI=1S/C8H12N4O2/c9-6-3-8(13)12(4-6)2-1-7-10-5-11-14-7/h5-6H,1-4,9H2. The lowest BCUT2D eigenvalue weighted by Gasteiger charge is -2.13. The van der Waals surface area contributed by atoms with E-state index in [2.05, 4.69) is 10.1 Å². The van der Waals surface area contributed by atoms with E-state index >= 15 is 0 Å². The predicted octanol–water partition coefficient (Wildman–Crippen LogP) is -0.828. The molecule has 2 heterocycles. The second-order valence-electron chi connectivity index (χ2n) is 3.39. The Hall–Kier alpha value is -1.43. The fourth-order valence-corrected chi connectivity index (χ4v) is 1.56. The van der Waals surface area contributed by atoms with E-state index in [0.717, 1.165) is 0 Å². The number of likely N-dealkylation sites (tertiary alicyclic amines) is 1. The Morgan fingerprint density at radius 2 is 2.57 bits per heavy atom. The fraction of sp³-hybridized carbons (Fsp3) is 0.625. The molecule has 0 radical (unpaired) electrons. The van der Waals surface area contributed by atoms with Gasteiger partial charge < -0.3 is 15.2 Å². The van der Waals surface area contributed by atoms with E-state index in [4.69, 9.17) is 10.3 Å². The Morgan fingerprint density at radius 1 is 1.71 bits per heavy atom. The molecule has 1 aliphatic rings. The lowest BCUT2D eigenvalue weighted by molar-refractivity contribution is -0.127. The molecule has 1 aromatic rings. The highest BCUT2D eigenvalue weighted by Crippen LogP contribution is 2.09. The Kier molecular flexibility index (Phi) is 2.45. The molecule has 1 aromatic heterocycles. The van der Waals surface area contributed by atoms with Gasteiger partial charge in [-0.25, -0.2) is 0 Å². The van der Waals surface area contributed by atoms with Crippen LogP contribution in [0.15, 0.2) is 10.9 Å². The number of hydrogen-bond donors (Lipinski definition) is 1. The van der Waals surface area contributed by atoms with Gasteiger partial charge >= 0.3 is 0 Å². The fourth-order valence-electron chi connectivity index (χ4n) is 1.56. The van der Waals surface area contributed by atoms with Crippen molar-refractivity contribution in [2.24, 2.45) is 5.73 Å². The third-order valence-electron chi connectivity index (χ3n) is 2.25. The highest BCUT2D eigenvalue weighted by atomic mass is 16.5. The van der Waals surface area contributed by atoms with Crippen LogP contribution in [-0.2, 0) is 11.2 Å². The van der Waals surface area contributed by atoms with Crippen molar-refractivity contribution in [3.05, 3.63) is 12.2 Å². The average molecular weight is 196 g/mol. The number of nitrogens with two attached hydrogens (primary N) is 1. The van der Waals surface area contributed by atoms with Crippen LogP contribution >= 0.6 is 0 Å². The molecular weight excluding hydrogens is 184 g/mol. The van der Waals surface area contributed by atoms with Gasteiger partial charge in [0, 0.05) is 32.0 Å². The zero-order valence-electron chi connectivity index (χ0n) is 7.72. The van der Waals surface area contributed by atoms with Crippen LogP contribution in [0, 0.1) is 0 Å². The van der Waals surface area contributed by atoms with Crippen molar-refractivity contribution in [2.75, 3.05) is 13.1 Å². The lowest BCUT2D eigenvalue weighted by Crippen LogP contribution is -2.30. The van der Waals surface area contributed by atoms with E-state index in [1.165, 1.54) is 6.33 Å². The summed E-state index contributed by atoms with van der Waals surface area (Å²) >= 11 is 0. The van der Waals surface area contributed by atoms with Gasteiger partial charge in [-0.3, -0.25) is 4.79 Å². The third kappa shape index (κ3) is 1.90. The molecule has 0 spiro atoms. The van der Waals surface area contributed by atoms with Crippen LogP contribution in [0.25, 0.3) is 0 Å². The van der Waals surface area contributed by atoms with Crippen molar-refractivity contribution >= 4 is 5.91 Å². The van der Waals surface area contributed by atoms with E-state index in [0.29, 0.717) is 31.8 Å². The van der Waals surface area contributed by atoms with Crippen molar-refractivity contribution in [3.8, 4) is 0 Å². The van der Waals surface area contributed by atoms with Gasteiger partial charge in [0.2, 0.25) is 11.8 Å². The normalized spacial score (nSPS) is 21.9. The molecule has 0 aliphatic carbocycles. The molecule has 0 bridgehead atoms. The van der Waals surface area contributed by atoms with E-state index in [1.807, 2.05) is 0 Å². The van der Waals surface area contributed by atoms with E-state index in [1.54, 1.807) is 4.90 Å². The van der Waals surface area contributed by atoms with Gasteiger partial charge in [0.05, 0.1) is 0 Å². The largest absolute Gasteiger partial charge is 0.341 e. The Bertz CT molecular complexity index is 311. The van der Waals surface area contributed by atoms with Crippen LogP contribution < -0.4 is 5.73 Å². The van der Waals surface area contributed by atoms with Crippen molar-refractivity contribution in [1.82, 2.24) is 15.0 Å². The molecule has 1 atom stereocenters. The van der Waals surface area contributed by atoms with Gasteiger partial charge in [-0.05, 0) is 0 Å². The van der Waals surface area contributed by atoms with Crippen molar-refractivity contribution in [1.29, 1.82) is 0 Å². The summed E-state index contributed by atoms with van der Waals surface area (Å²) in [7, 11) is 0. The van der Waals surface area contributed by atoms with E-state index < -0.39 is 0 Å². The average Bonchev–Trinajstić information content (AvgIpc) is 2.72. The summed E-state index contributed by atoms with van der Waals surface area (Å²) in [6, 6.07) is -0.0230. The molecule has 2 N–H and O–H groups in total. The van der Waals surface area contributed by atoms with Crippen LogP contribution in [0.2, 0.25) is 0 Å². The number of amides is 1. The molecule has 1 unspecified atom stereocenters. The zero-order valence-corrected chi connectivity index (χ0v) is 7.72. The maximum atomic E-state index is 11.3. The smallest absolute Gasteiger partial charge is 0.228 e. The minimum Gasteiger partial charge on any atom is -0.341 e. The summed E-state index contributed by atoms with van der Waals surface area (Å²) in [5.41, 5.74) is 5.65. The summed E-state index contributed by atoms with van der Waals surface area (Å²) in [6.07, 6.45) is 2.40. The van der Waals surface area contributed by atoms with Crippen molar-refractivity contribution in [2.45, 2.75) is 18.9 Å². The molecule has 0 saturated carbocycles. The van der Waals surface area contributed by atoms with Crippen molar-refractivity contribution < 1.29 is 9.32 Å². The quantitative estimate of drug-likeness (QED) is 0.682. The number of nitrogens with zero attached hydrogens (tertiary/aromatic N) is 3. The first-order valence-electron chi connectivity index (χ1n) is 4.54.